The van der Waals surface area contributed by atoms with E-state index >= 15 is 0 Å². The lowest BCUT2D eigenvalue weighted by Gasteiger charge is -2.35. The molecule has 1 saturated heterocycles. The number of hydrogen-bond donors (Lipinski definition) is 0. The molecule has 140 valence electrons. The molecule has 0 N–H and O–H groups in total. The van der Waals surface area contributed by atoms with Crippen LogP contribution in [0.4, 0.5) is 0 Å². The van der Waals surface area contributed by atoms with Crippen LogP contribution in [0.1, 0.15) is 36.2 Å². The maximum atomic E-state index is 12.5. The number of benzene rings is 1. The van der Waals surface area contributed by atoms with Crippen molar-refractivity contribution in [2.75, 3.05) is 27.2 Å². The Morgan fingerprint density at radius 2 is 1.81 bits per heavy atom. The number of aromatic nitrogens is 2. The largest absolute Gasteiger partial charge is 0.343 e. The molecule has 0 aliphatic carbocycles. The van der Waals surface area contributed by atoms with Crippen LogP contribution >= 0.6 is 0 Å². The van der Waals surface area contributed by atoms with Gasteiger partial charge in [0.2, 0.25) is 5.91 Å². The highest BCUT2D eigenvalue weighted by Gasteiger charge is 2.23. The van der Waals surface area contributed by atoms with Gasteiger partial charge in [0.05, 0.1) is 11.4 Å². The van der Waals surface area contributed by atoms with Gasteiger partial charge < -0.3 is 9.80 Å². The molecule has 0 radical (unpaired) electrons. The SMILES string of the molecule is Cc1cc(C)n(-c2ccc(CCC(=O)N3CCC(N(C)C)CC3)cc2)n1. The second-order valence-electron chi connectivity index (χ2n) is 7.58. The summed E-state index contributed by atoms with van der Waals surface area (Å²) in [6, 6.07) is 11.1. The van der Waals surface area contributed by atoms with Crippen LogP contribution in [0.25, 0.3) is 5.69 Å². The molecule has 0 atom stereocenters. The molecule has 3 rings (SSSR count). The molecule has 0 unspecified atom stereocenters. The first-order valence-electron chi connectivity index (χ1n) is 9.51. The Hall–Kier alpha value is -2.14. The summed E-state index contributed by atoms with van der Waals surface area (Å²) >= 11 is 0. The molecule has 0 saturated carbocycles. The molecule has 1 amide bonds. The third kappa shape index (κ3) is 4.33. The van der Waals surface area contributed by atoms with Crippen LogP contribution < -0.4 is 0 Å². The Bertz CT molecular complexity index is 740. The average molecular weight is 354 g/mol. The normalized spacial score (nSPS) is 15.7. The van der Waals surface area contributed by atoms with Gasteiger partial charge in [0, 0.05) is 31.2 Å². The molecule has 0 spiro atoms. The Labute approximate surface area is 156 Å². The summed E-state index contributed by atoms with van der Waals surface area (Å²) < 4.78 is 1.96. The van der Waals surface area contributed by atoms with Crippen LogP contribution in [0.5, 0.6) is 0 Å². The molecule has 1 aromatic heterocycles. The monoisotopic (exact) mass is 354 g/mol. The van der Waals surface area contributed by atoms with Crippen LogP contribution in [0.3, 0.4) is 0 Å². The van der Waals surface area contributed by atoms with Crippen molar-refractivity contribution in [2.24, 2.45) is 0 Å². The number of hydrogen-bond acceptors (Lipinski definition) is 3. The van der Waals surface area contributed by atoms with Crippen molar-refractivity contribution < 1.29 is 4.79 Å². The fourth-order valence-corrected chi connectivity index (χ4v) is 3.74. The molecule has 26 heavy (non-hydrogen) atoms. The van der Waals surface area contributed by atoms with Crippen LogP contribution in [0.2, 0.25) is 0 Å². The highest BCUT2D eigenvalue weighted by atomic mass is 16.2. The van der Waals surface area contributed by atoms with E-state index in [2.05, 4.69) is 61.3 Å². The Morgan fingerprint density at radius 3 is 2.35 bits per heavy atom. The summed E-state index contributed by atoms with van der Waals surface area (Å²) in [6.45, 7) is 5.84. The summed E-state index contributed by atoms with van der Waals surface area (Å²) in [5.41, 5.74) is 4.42. The predicted octanol–water partition coefficient (Wildman–Crippen LogP) is 2.97. The quantitative estimate of drug-likeness (QED) is 0.829. The minimum atomic E-state index is 0.282. The van der Waals surface area contributed by atoms with Gasteiger partial charge >= 0.3 is 0 Å². The van der Waals surface area contributed by atoms with Crippen molar-refractivity contribution in [3.8, 4) is 5.69 Å². The maximum Gasteiger partial charge on any atom is 0.222 e. The highest BCUT2D eigenvalue weighted by molar-refractivity contribution is 5.76. The van der Waals surface area contributed by atoms with Crippen molar-refractivity contribution in [1.82, 2.24) is 19.6 Å². The second kappa shape index (κ2) is 8.04. The lowest BCUT2D eigenvalue weighted by Crippen LogP contribution is -2.44. The number of rotatable bonds is 5. The van der Waals surface area contributed by atoms with E-state index in [1.165, 1.54) is 5.56 Å². The number of nitrogens with zero attached hydrogens (tertiary/aromatic N) is 4. The van der Waals surface area contributed by atoms with E-state index in [0.717, 1.165) is 49.4 Å². The summed E-state index contributed by atoms with van der Waals surface area (Å²) in [5, 5.41) is 4.52. The van der Waals surface area contributed by atoms with Gasteiger partial charge in [-0.15, -0.1) is 0 Å². The molecular formula is C21H30N4O. The zero-order valence-corrected chi connectivity index (χ0v) is 16.4. The fourth-order valence-electron chi connectivity index (χ4n) is 3.74. The van der Waals surface area contributed by atoms with Crippen molar-refractivity contribution in [3.05, 3.63) is 47.3 Å². The standard InChI is InChI=1S/C21H30N4O/c1-16-15-17(2)25(22-16)20-8-5-18(6-9-20)7-10-21(26)24-13-11-19(12-14-24)23(3)4/h5-6,8-9,15,19H,7,10-14H2,1-4H3. The Morgan fingerprint density at radius 1 is 1.15 bits per heavy atom. The summed E-state index contributed by atoms with van der Waals surface area (Å²) in [7, 11) is 4.25. The topological polar surface area (TPSA) is 41.4 Å². The average Bonchev–Trinajstić information content (AvgIpc) is 2.98. The van der Waals surface area contributed by atoms with E-state index in [1.54, 1.807) is 0 Å². The highest BCUT2D eigenvalue weighted by Crippen LogP contribution is 2.17. The van der Waals surface area contributed by atoms with Crippen LogP contribution in [0, 0.1) is 13.8 Å². The first-order chi connectivity index (χ1) is 12.4. The number of piperidine rings is 1. The minimum absolute atomic E-state index is 0.282. The minimum Gasteiger partial charge on any atom is -0.343 e. The van der Waals surface area contributed by atoms with Crippen molar-refractivity contribution >= 4 is 5.91 Å². The number of carbonyl (C=O) groups excluding carboxylic acids is 1. The zero-order valence-electron chi connectivity index (χ0n) is 16.4. The molecule has 5 heteroatoms. The first-order valence-corrected chi connectivity index (χ1v) is 9.51. The Balaban J connectivity index is 1.52. The van der Waals surface area contributed by atoms with E-state index in [-0.39, 0.29) is 5.91 Å². The summed E-state index contributed by atoms with van der Waals surface area (Å²) in [4.78, 5) is 16.8. The van der Waals surface area contributed by atoms with Gasteiger partial charge in [0.1, 0.15) is 0 Å². The predicted molar refractivity (Wildman–Crippen MR) is 105 cm³/mol. The fraction of sp³-hybridized carbons (Fsp3) is 0.524. The van der Waals surface area contributed by atoms with Crippen molar-refractivity contribution in [1.29, 1.82) is 0 Å². The summed E-state index contributed by atoms with van der Waals surface area (Å²) in [6.07, 6.45) is 3.54. The molecule has 2 aromatic rings. The van der Waals surface area contributed by atoms with E-state index in [0.29, 0.717) is 12.5 Å². The smallest absolute Gasteiger partial charge is 0.222 e. The first kappa shape index (κ1) is 18.6. The van der Waals surface area contributed by atoms with Crippen molar-refractivity contribution in [3.63, 3.8) is 0 Å². The molecule has 2 heterocycles. The molecular weight excluding hydrogens is 324 g/mol. The number of amides is 1. The van der Waals surface area contributed by atoms with Gasteiger partial charge in [0.15, 0.2) is 0 Å². The summed E-state index contributed by atoms with van der Waals surface area (Å²) in [5.74, 6) is 0.282. The molecule has 1 fully saturated rings. The third-order valence-corrected chi connectivity index (χ3v) is 5.37. The van der Waals surface area contributed by atoms with Gasteiger partial charge in [-0.25, -0.2) is 4.68 Å². The number of likely N-dealkylation sites (tertiary alicyclic amines) is 1. The van der Waals surface area contributed by atoms with Crippen LogP contribution in [-0.4, -0.2) is 58.7 Å². The van der Waals surface area contributed by atoms with Crippen LogP contribution in [-0.2, 0) is 11.2 Å². The van der Waals surface area contributed by atoms with E-state index in [9.17, 15) is 4.79 Å². The van der Waals surface area contributed by atoms with Crippen LogP contribution in [0.15, 0.2) is 30.3 Å². The molecule has 1 aliphatic rings. The lowest BCUT2D eigenvalue weighted by atomic mass is 10.0. The molecule has 1 aromatic carbocycles. The van der Waals surface area contributed by atoms with Gasteiger partial charge in [0.25, 0.3) is 0 Å². The maximum absolute atomic E-state index is 12.5. The van der Waals surface area contributed by atoms with Crippen molar-refractivity contribution in [2.45, 2.75) is 45.6 Å². The third-order valence-electron chi connectivity index (χ3n) is 5.37. The zero-order chi connectivity index (χ0) is 18.7. The van der Waals surface area contributed by atoms with Gasteiger partial charge in [-0.2, -0.15) is 5.10 Å². The number of aryl methyl sites for hydroxylation is 3. The van der Waals surface area contributed by atoms with Gasteiger partial charge in [-0.3, -0.25) is 4.79 Å². The van der Waals surface area contributed by atoms with E-state index in [4.69, 9.17) is 0 Å². The molecule has 5 nitrogen and oxygen atoms in total. The lowest BCUT2D eigenvalue weighted by molar-refractivity contribution is -0.132. The van der Waals surface area contributed by atoms with Gasteiger partial charge in [-0.05, 0) is 71.0 Å². The van der Waals surface area contributed by atoms with E-state index in [1.807, 2.05) is 16.5 Å². The van der Waals surface area contributed by atoms with Gasteiger partial charge in [-0.1, -0.05) is 12.1 Å². The van der Waals surface area contributed by atoms with E-state index < -0.39 is 0 Å². The number of carbonyl (C=O) groups is 1. The molecule has 1 aliphatic heterocycles. The second-order valence-corrected chi connectivity index (χ2v) is 7.58. The molecule has 0 bridgehead atoms. The Kier molecular flexibility index (Phi) is 5.77.